The molecule has 0 radical (unpaired) electrons. The van der Waals surface area contributed by atoms with Gasteiger partial charge in [-0.25, -0.2) is 0 Å². The van der Waals surface area contributed by atoms with Crippen LogP contribution in [0.2, 0.25) is 0 Å². The van der Waals surface area contributed by atoms with Crippen molar-refractivity contribution >= 4 is 21.9 Å². The van der Waals surface area contributed by atoms with E-state index in [2.05, 4.69) is 51.1 Å². The number of rotatable bonds is 1. The van der Waals surface area contributed by atoms with Crippen LogP contribution in [0.5, 0.6) is 0 Å². The van der Waals surface area contributed by atoms with Crippen molar-refractivity contribution in [2.24, 2.45) is 5.41 Å². The van der Waals surface area contributed by atoms with Crippen LogP contribution in [0.3, 0.4) is 0 Å². The first-order chi connectivity index (χ1) is 8.53. The van der Waals surface area contributed by atoms with Gasteiger partial charge < -0.3 is 4.42 Å². The Bertz CT molecular complexity index is 698. The second kappa shape index (κ2) is 3.88. The summed E-state index contributed by atoms with van der Waals surface area (Å²) in [7, 11) is 0. The molecule has 0 amide bonds. The molecule has 0 spiro atoms. The van der Waals surface area contributed by atoms with E-state index in [9.17, 15) is 0 Å². The average Bonchev–Trinajstić information content (AvgIpc) is 2.65. The van der Waals surface area contributed by atoms with Crippen LogP contribution in [-0.4, -0.2) is 0 Å². The topological polar surface area (TPSA) is 13.1 Å². The summed E-state index contributed by atoms with van der Waals surface area (Å²) in [6.45, 7) is 6.81. The Labute approximate surface area is 107 Å². The standard InChI is InChI=1S/C17H18O/c1-17(2,3)11-12-8-9-16-14(10-12)13-6-4-5-7-15(13)18-16/h4-10H,11H2,1-3H3. The molecule has 0 atom stereocenters. The van der Waals surface area contributed by atoms with Crippen LogP contribution >= 0.6 is 0 Å². The highest BCUT2D eigenvalue weighted by Crippen LogP contribution is 2.30. The monoisotopic (exact) mass is 238 g/mol. The van der Waals surface area contributed by atoms with Gasteiger partial charge in [0.15, 0.2) is 0 Å². The lowest BCUT2D eigenvalue weighted by Crippen LogP contribution is -2.08. The molecule has 0 bridgehead atoms. The minimum atomic E-state index is 0.313. The zero-order chi connectivity index (χ0) is 12.8. The maximum absolute atomic E-state index is 5.84. The third kappa shape index (κ3) is 2.01. The summed E-state index contributed by atoms with van der Waals surface area (Å²) >= 11 is 0. The fourth-order valence-electron chi connectivity index (χ4n) is 2.50. The minimum Gasteiger partial charge on any atom is -0.456 e. The van der Waals surface area contributed by atoms with Crippen LogP contribution in [0, 0.1) is 5.41 Å². The molecule has 0 saturated carbocycles. The first kappa shape index (κ1) is 11.3. The van der Waals surface area contributed by atoms with E-state index in [0.717, 1.165) is 17.6 Å². The molecule has 3 rings (SSSR count). The van der Waals surface area contributed by atoms with E-state index >= 15 is 0 Å². The van der Waals surface area contributed by atoms with E-state index in [1.54, 1.807) is 0 Å². The van der Waals surface area contributed by atoms with Gasteiger partial charge in [0.25, 0.3) is 0 Å². The predicted octanol–water partition coefficient (Wildman–Crippen LogP) is 5.17. The summed E-state index contributed by atoms with van der Waals surface area (Å²) in [6, 6.07) is 14.8. The van der Waals surface area contributed by atoms with Crippen LogP contribution in [0.1, 0.15) is 26.3 Å². The zero-order valence-electron chi connectivity index (χ0n) is 11.2. The zero-order valence-corrected chi connectivity index (χ0v) is 11.2. The van der Waals surface area contributed by atoms with Gasteiger partial charge >= 0.3 is 0 Å². The Morgan fingerprint density at radius 3 is 2.39 bits per heavy atom. The molecule has 1 heterocycles. The van der Waals surface area contributed by atoms with Crippen molar-refractivity contribution in [1.82, 2.24) is 0 Å². The molecule has 0 aliphatic heterocycles. The average molecular weight is 238 g/mol. The molecule has 0 fully saturated rings. The molecule has 2 aromatic carbocycles. The highest BCUT2D eigenvalue weighted by atomic mass is 16.3. The third-order valence-electron chi connectivity index (χ3n) is 3.18. The molecular weight excluding hydrogens is 220 g/mol. The minimum absolute atomic E-state index is 0.313. The third-order valence-corrected chi connectivity index (χ3v) is 3.18. The molecule has 0 saturated heterocycles. The van der Waals surface area contributed by atoms with Gasteiger partial charge in [-0.15, -0.1) is 0 Å². The van der Waals surface area contributed by atoms with Gasteiger partial charge in [-0.3, -0.25) is 0 Å². The van der Waals surface area contributed by atoms with Crippen molar-refractivity contribution in [3.8, 4) is 0 Å². The van der Waals surface area contributed by atoms with Crippen LogP contribution in [0.25, 0.3) is 21.9 Å². The summed E-state index contributed by atoms with van der Waals surface area (Å²) < 4.78 is 5.84. The first-order valence-electron chi connectivity index (χ1n) is 6.43. The molecule has 92 valence electrons. The SMILES string of the molecule is CC(C)(C)Cc1ccc2oc3ccccc3c2c1. The molecule has 0 aliphatic carbocycles. The molecule has 18 heavy (non-hydrogen) atoms. The molecule has 1 nitrogen and oxygen atoms in total. The lowest BCUT2D eigenvalue weighted by Gasteiger charge is -2.17. The fraction of sp³-hybridized carbons (Fsp3) is 0.294. The van der Waals surface area contributed by atoms with E-state index in [1.807, 2.05) is 12.1 Å². The summed E-state index contributed by atoms with van der Waals surface area (Å²) in [6.07, 6.45) is 1.09. The van der Waals surface area contributed by atoms with Crippen LogP contribution in [0.15, 0.2) is 46.9 Å². The number of hydrogen-bond donors (Lipinski definition) is 0. The van der Waals surface area contributed by atoms with Gasteiger partial charge in [0.1, 0.15) is 11.2 Å². The van der Waals surface area contributed by atoms with E-state index in [-0.39, 0.29) is 0 Å². The van der Waals surface area contributed by atoms with E-state index in [0.29, 0.717) is 5.41 Å². The Morgan fingerprint density at radius 1 is 0.889 bits per heavy atom. The molecule has 0 N–H and O–H groups in total. The molecule has 1 aromatic heterocycles. The van der Waals surface area contributed by atoms with Gasteiger partial charge in [-0.1, -0.05) is 45.0 Å². The number of furan rings is 1. The largest absolute Gasteiger partial charge is 0.456 e. The number of para-hydroxylation sites is 1. The van der Waals surface area contributed by atoms with Crippen molar-refractivity contribution in [3.05, 3.63) is 48.0 Å². The van der Waals surface area contributed by atoms with Crippen molar-refractivity contribution < 1.29 is 4.42 Å². The number of fused-ring (bicyclic) bond motifs is 3. The van der Waals surface area contributed by atoms with Gasteiger partial charge in [0.2, 0.25) is 0 Å². The highest BCUT2D eigenvalue weighted by Gasteiger charge is 2.13. The maximum Gasteiger partial charge on any atom is 0.135 e. The second-order valence-corrected chi connectivity index (χ2v) is 6.17. The Hall–Kier alpha value is -1.76. The maximum atomic E-state index is 5.84. The normalized spacial score (nSPS) is 12.4. The summed E-state index contributed by atoms with van der Waals surface area (Å²) in [5.74, 6) is 0. The number of hydrogen-bond acceptors (Lipinski definition) is 1. The lowest BCUT2D eigenvalue weighted by atomic mass is 9.88. The smallest absolute Gasteiger partial charge is 0.135 e. The van der Waals surface area contributed by atoms with Crippen LogP contribution in [0.4, 0.5) is 0 Å². The molecule has 1 heteroatoms. The van der Waals surface area contributed by atoms with Crippen LogP contribution < -0.4 is 0 Å². The van der Waals surface area contributed by atoms with Gasteiger partial charge in [-0.05, 0) is 35.6 Å². The summed E-state index contributed by atoms with van der Waals surface area (Å²) in [5, 5.41) is 2.44. The Kier molecular flexibility index (Phi) is 2.44. The van der Waals surface area contributed by atoms with Crippen molar-refractivity contribution in [2.75, 3.05) is 0 Å². The predicted molar refractivity (Wildman–Crippen MR) is 76.9 cm³/mol. The molecular formula is C17H18O. The fourth-order valence-corrected chi connectivity index (χ4v) is 2.50. The van der Waals surface area contributed by atoms with Gasteiger partial charge in [0, 0.05) is 10.8 Å². The molecule has 0 aliphatic rings. The second-order valence-electron chi connectivity index (χ2n) is 6.17. The summed E-state index contributed by atoms with van der Waals surface area (Å²) in [4.78, 5) is 0. The quantitative estimate of drug-likeness (QED) is 0.569. The lowest BCUT2D eigenvalue weighted by molar-refractivity contribution is 0.411. The van der Waals surface area contributed by atoms with E-state index in [1.165, 1.54) is 16.3 Å². The Morgan fingerprint density at radius 2 is 1.61 bits per heavy atom. The van der Waals surface area contributed by atoms with Crippen molar-refractivity contribution in [1.29, 1.82) is 0 Å². The molecule has 0 unspecified atom stereocenters. The van der Waals surface area contributed by atoms with Gasteiger partial charge in [-0.2, -0.15) is 0 Å². The summed E-state index contributed by atoms with van der Waals surface area (Å²) in [5.41, 5.74) is 3.64. The Balaban J connectivity index is 2.18. The first-order valence-corrected chi connectivity index (χ1v) is 6.43. The van der Waals surface area contributed by atoms with Crippen molar-refractivity contribution in [3.63, 3.8) is 0 Å². The van der Waals surface area contributed by atoms with Crippen molar-refractivity contribution in [2.45, 2.75) is 27.2 Å². The molecule has 3 aromatic rings. The highest BCUT2D eigenvalue weighted by molar-refractivity contribution is 6.04. The van der Waals surface area contributed by atoms with E-state index in [4.69, 9.17) is 4.42 Å². The van der Waals surface area contributed by atoms with Crippen LogP contribution in [-0.2, 0) is 6.42 Å². The van der Waals surface area contributed by atoms with Gasteiger partial charge in [0.05, 0.1) is 0 Å². The van der Waals surface area contributed by atoms with E-state index < -0.39 is 0 Å². The number of benzene rings is 2.